The first-order chi connectivity index (χ1) is 18.5. The first-order valence-corrected chi connectivity index (χ1v) is 12.5. The van der Waals surface area contributed by atoms with Crippen molar-refractivity contribution in [1.82, 2.24) is 29.9 Å². The molecule has 5 heterocycles. The van der Waals surface area contributed by atoms with Gasteiger partial charge in [0.05, 0.1) is 23.6 Å². The second kappa shape index (κ2) is 9.72. The molecule has 0 radical (unpaired) electrons. The van der Waals surface area contributed by atoms with E-state index in [1.807, 2.05) is 18.5 Å². The lowest BCUT2D eigenvalue weighted by molar-refractivity contribution is -0.136. The number of amides is 3. The molecule has 6 rings (SSSR count). The first-order valence-electron chi connectivity index (χ1n) is 12.5. The average molecular weight is 512 g/mol. The Kier molecular flexibility index (Phi) is 6.09. The van der Waals surface area contributed by atoms with Crippen molar-refractivity contribution in [3.63, 3.8) is 0 Å². The third kappa shape index (κ3) is 4.62. The van der Waals surface area contributed by atoms with Crippen LogP contribution in [0.4, 0.5) is 0 Å². The molecule has 11 nitrogen and oxygen atoms in total. The van der Waals surface area contributed by atoms with Crippen LogP contribution in [0, 0.1) is 11.3 Å². The van der Waals surface area contributed by atoms with Crippen LogP contribution in [-0.4, -0.2) is 67.5 Å². The van der Waals surface area contributed by atoms with Crippen LogP contribution in [0.3, 0.4) is 0 Å². The van der Waals surface area contributed by atoms with Crippen molar-refractivity contribution in [2.75, 3.05) is 13.1 Å². The standard InChI is InChI=1S/C27H25N7O4/c28-9-17-7-20(12-29-10-17)34-14-18(11-30-34)13-32-6-5-22(16-32)38-21-1-2-23-19(8-21)15-33(27(23)37)24-3-4-25(35)31-26(24)36/h1-2,7-8,10-12,14,22,24H,3-6,13,15-16H2,(H,31,35,36)/t22-,24?/m0/s1. The molecule has 11 heteroatoms. The molecule has 2 fully saturated rings. The molecule has 3 aliphatic heterocycles. The Labute approximate surface area is 218 Å². The van der Waals surface area contributed by atoms with Gasteiger partial charge in [0, 0.05) is 56.1 Å². The molecule has 3 amide bonds. The maximum absolute atomic E-state index is 12.9. The molecule has 1 unspecified atom stereocenters. The van der Waals surface area contributed by atoms with Crippen LogP contribution in [0.5, 0.6) is 5.75 Å². The topological polar surface area (TPSA) is 133 Å². The van der Waals surface area contributed by atoms with E-state index in [-0.39, 0.29) is 24.3 Å². The Morgan fingerprint density at radius 2 is 2.03 bits per heavy atom. The summed E-state index contributed by atoms with van der Waals surface area (Å²) < 4.78 is 7.98. The second-order valence-corrected chi connectivity index (χ2v) is 9.82. The fourth-order valence-corrected chi connectivity index (χ4v) is 5.31. The molecular weight excluding hydrogens is 486 g/mol. The van der Waals surface area contributed by atoms with E-state index < -0.39 is 11.9 Å². The lowest BCUT2D eigenvalue weighted by Gasteiger charge is -2.29. The van der Waals surface area contributed by atoms with E-state index >= 15 is 0 Å². The fourth-order valence-electron chi connectivity index (χ4n) is 5.31. The van der Waals surface area contributed by atoms with Gasteiger partial charge in [-0.2, -0.15) is 10.4 Å². The number of nitriles is 1. The van der Waals surface area contributed by atoms with E-state index in [2.05, 4.69) is 26.4 Å². The number of hydrogen-bond donors (Lipinski definition) is 1. The SMILES string of the molecule is N#Cc1cncc(-n2cc(CN3CC[C@H](Oc4ccc5c(c4)CN(C4CCC(=O)NC4=O)C5=O)C3)cn2)c1. The minimum Gasteiger partial charge on any atom is -0.489 e. The number of carbonyl (C=O) groups excluding carboxylic acids is 3. The molecule has 2 aromatic heterocycles. The van der Waals surface area contributed by atoms with Gasteiger partial charge < -0.3 is 9.64 Å². The number of piperidine rings is 1. The zero-order valence-electron chi connectivity index (χ0n) is 20.5. The number of nitrogens with zero attached hydrogens (tertiary/aromatic N) is 6. The molecule has 192 valence electrons. The minimum absolute atomic E-state index is 0.0166. The van der Waals surface area contributed by atoms with Crippen molar-refractivity contribution in [1.29, 1.82) is 5.26 Å². The molecule has 1 N–H and O–H groups in total. The molecule has 0 spiro atoms. The molecule has 2 atom stereocenters. The summed E-state index contributed by atoms with van der Waals surface area (Å²) in [5.74, 6) is -0.203. The van der Waals surface area contributed by atoms with E-state index in [1.54, 1.807) is 34.0 Å². The van der Waals surface area contributed by atoms with Crippen LogP contribution in [-0.2, 0) is 22.7 Å². The van der Waals surface area contributed by atoms with Crippen molar-refractivity contribution in [3.8, 4) is 17.5 Å². The largest absolute Gasteiger partial charge is 0.489 e. The van der Waals surface area contributed by atoms with Gasteiger partial charge >= 0.3 is 0 Å². The molecule has 0 saturated carbocycles. The zero-order chi connectivity index (χ0) is 26.2. The molecule has 3 aromatic rings. The Bertz CT molecular complexity index is 1480. The number of imide groups is 1. The van der Waals surface area contributed by atoms with Gasteiger partial charge in [-0.15, -0.1) is 0 Å². The van der Waals surface area contributed by atoms with Gasteiger partial charge in [0.2, 0.25) is 11.8 Å². The van der Waals surface area contributed by atoms with Gasteiger partial charge in [-0.05, 0) is 42.7 Å². The summed E-state index contributed by atoms with van der Waals surface area (Å²) in [5.41, 5.74) is 3.68. The van der Waals surface area contributed by atoms with Gasteiger partial charge in [0.1, 0.15) is 24.0 Å². The van der Waals surface area contributed by atoms with Crippen molar-refractivity contribution in [2.45, 2.75) is 44.5 Å². The van der Waals surface area contributed by atoms with Crippen LogP contribution < -0.4 is 10.1 Å². The summed E-state index contributed by atoms with van der Waals surface area (Å²) in [7, 11) is 0. The number of carbonyl (C=O) groups is 3. The summed E-state index contributed by atoms with van der Waals surface area (Å²) >= 11 is 0. The van der Waals surface area contributed by atoms with Crippen LogP contribution in [0.2, 0.25) is 0 Å². The van der Waals surface area contributed by atoms with E-state index in [1.165, 1.54) is 6.20 Å². The third-order valence-corrected chi connectivity index (χ3v) is 7.19. The number of ether oxygens (including phenoxy) is 1. The maximum atomic E-state index is 12.9. The second-order valence-electron chi connectivity index (χ2n) is 9.82. The van der Waals surface area contributed by atoms with Crippen molar-refractivity contribution >= 4 is 17.7 Å². The van der Waals surface area contributed by atoms with Gasteiger partial charge in [0.25, 0.3) is 5.91 Å². The fraction of sp³-hybridized carbons (Fsp3) is 0.333. The van der Waals surface area contributed by atoms with Crippen molar-refractivity contribution in [2.24, 2.45) is 0 Å². The Morgan fingerprint density at radius 3 is 2.87 bits per heavy atom. The number of fused-ring (bicyclic) bond motifs is 1. The highest BCUT2D eigenvalue weighted by Crippen LogP contribution is 2.31. The first kappa shape index (κ1) is 23.8. The summed E-state index contributed by atoms with van der Waals surface area (Å²) in [6.07, 6.45) is 8.42. The van der Waals surface area contributed by atoms with Crippen LogP contribution in [0.1, 0.15) is 46.3 Å². The number of rotatable bonds is 6. The Balaban J connectivity index is 1.06. The molecular formula is C27H25N7O4. The van der Waals surface area contributed by atoms with Crippen molar-refractivity contribution in [3.05, 3.63) is 71.3 Å². The molecule has 0 aliphatic carbocycles. The Morgan fingerprint density at radius 1 is 1.13 bits per heavy atom. The van der Waals surface area contributed by atoms with Crippen molar-refractivity contribution < 1.29 is 19.1 Å². The van der Waals surface area contributed by atoms with Gasteiger partial charge in [0.15, 0.2) is 0 Å². The van der Waals surface area contributed by atoms with E-state index in [0.717, 1.165) is 42.9 Å². The highest BCUT2D eigenvalue weighted by Gasteiger charge is 2.39. The number of aromatic nitrogens is 3. The van der Waals surface area contributed by atoms with Crippen LogP contribution in [0.15, 0.2) is 49.1 Å². The molecule has 38 heavy (non-hydrogen) atoms. The summed E-state index contributed by atoms with van der Waals surface area (Å²) in [5, 5.41) is 15.8. The Hall–Kier alpha value is -4.56. The summed E-state index contributed by atoms with van der Waals surface area (Å²) in [6.45, 7) is 2.69. The van der Waals surface area contributed by atoms with Gasteiger partial charge in [-0.25, -0.2) is 4.68 Å². The zero-order valence-corrected chi connectivity index (χ0v) is 20.5. The lowest BCUT2D eigenvalue weighted by atomic mass is 10.0. The monoisotopic (exact) mass is 511 g/mol. The number of pyridine rings is 1. The van der Waals surface area contributed by atoms with Gasteiger partial charge in [-0.1, -0.05) is 0 Å². The molecule has 2 saturated heterocycles. The smallest absolute Gasteiger partial charge is 0.255 e. The highest BCUT2D eigenvalue weighted by molar-refractivity contribution is 6.05. The normalized spacial score (nSPS) is 21.3. The van der Waals surface area contributed by atoms with E-state index in [9.17, 15) is 14.4 Å². The quantitative estimate of drug-likeness (QED) is 0.493. The number of hydrogen-bond acceptors (Lipinski definition) is 8. The average Bonchev–Trinajstić information content (AvgIpc) is 3.64. The predicted octanol–water partition coefficient (Wildman–Crippen LogP) is 1.55. The predicted molar refractivity (Wildman–Crippen MR) is 133 cm³/mol. The van der Waals surface area contributed by atoms with Gasteiger partial charge in [-0.3, -0.25) is 29.6 Å². The number of likely N-dealkylation sites (tertiary alicyclic amines) is 1. The number of nitrogens with one attached hydrogen (secondary N) is 1. The van der Waals surface area contributed by atoms with Crippen LogP contribution >= 0.6 is 0 Å². The highest BCUT2D eigenvalue weighted by atomic mass is 16.5. The molecule has 1 aromatic carbocycles. The van der Waals surface area contributed by atoms with E-state index in [0.29, 0.717) is 29.8 Å². The summed E-state index contributed by atoms with van der Waals surface area (Å²) in [4.78, 5) is 44.6. The molecule has 0 bridgehead atoms. The van der Waals surface area contributed by atoms with E-state index in [4.69, 9.17) is 10.00 Å². The maximum Gasteiger partial charge on any atom is 0.255 e. The lowest BCUT2D eigenvalue weighted by Crippen LogP contribution is -2.52. The minimum atomic E-state index is -0.628. The summed E-state index contributed by atoms with van der Waals surface area (Å²) in [6, 6.07) is 8.66. The number of benzene rings is 1. The van der Waals surface area contributed by atoms with Crippen LogP contribution in [0.25, 0.3) is 5.69 Å². The molecule has 3 aliphatic rings. The third-order valence-electron chi connectivity index (χ3n) is 7.19.